The molecule has 27 heavy (non-hydrogen) atoms. The van der Waals surface area contributed by atoms with Crippen LogP contribution in [-0.2, 0) is 9.53 Å². The van der Waals surface area contributed by atoms with Gasteiger partial charge in [0, 0.05) is 32.6 Å². The molecule has 0 aromatic heterocycles. The first-order valence-electron chi connectivity index (χ1n) is 9.74. The third-order valence-electron chi connectivity index (χ3n) is 5.14. The third kappa shape index (κ3) is 6.97. The summed E-state index contributed by atoms with van der Waals surface area (Å²) < 4.78 is 5.15. The van der Waals surface area contributed by atoms with Gasteiger partial charge in [0.25, 0.3) is 0 Å². The molecule has 1 aliphatic heterocycles. The number of nitrogens with zero attached hydrogens (tertiary/aromatic N) is 2. The Labute approximate surface area is 181 Å². The molecule has 0 spiro atoms. The highest BCUT2D eigenvalue weighted by molar-refractivity contribution is 14.0. The summed E-state index contributed by atoms with van der Waals surface area (Å²) in [7, 11) is 1.83. The van der Waals surface area contributed by atoms with Crippen molar-refractivity contribution in [3.05, 3.63) is 35.9 Å². The Kier molecular flexibility index (Phi) is 10.7. The quantitative estimate of drug-likeness (QED) is 0.286. The van der Waals surface area contributed by atoms with E-state index in [4.69, 9.17) is 4.74 Å². The number of nitrogens with one attached hydrogen (secondary N) is 1. The SMILES string of the molecule is CCOC(=O)C1CCN(C(=NC)NCC(c2ccccc2)C(C)C)CC1.I. The van der Waals surface area contributed by atoms with Crippen molar-refractivity contribution >= 4 is 35.9 Å². The first kappa shape index (κ1) is 23.7. The van der Waals surface area contributed by atoms with Crippen LogP contribution in [0.2, 0.25) is 0 Å². The maximum atomic E-state index is 11.9. The molecule has 1 fully saturated rings. The van der Waals surface area contributed by atoms with Crippen LogP contribution < -0.4 is 5.32 Å². The topological polar surface area (TPSA) is 53.9 Å². The number of carbonyl (C=O) groups is 1. The standard InChI is InChI=1S/C21H33N3O2.HI/c1-5-26-20(25)18-11-13-24(14-12-18)21(22-4)23-15-19(16(2)3)17-9-7-6-8-10-17;/h6-10,16,18-19H,5,11-15H2,1-4H3,(H,22,23);1H. The minimum atomic E-state index is -0.0564. The summed E-state index contributed by atoms with van der Waals surface area (Å²) in [5, 5.41) is 3.55. The van der Waals surface area contributed by atoms with Crippen LogP contribution in [0.15, 0.2) is 35.3 Å². The summed E-state index contributed by atoms with van der Waals surface area (Å²) in [6.45, 7) is 9.35. The molecule has 0 radical (unpaired) electrons. The summed E-state index contributed by atoms with van der Waals surface area (Å²) in [4.78, 5) is 18.6. The molecule has 1 aromatic carbocycles. The highest BCUT2D eigenvalue weighted by Crippen LogP contribution is 2.24. The van der Waals surface area contributed by atoms with Crippen LogP contribution >= 0.6 is 24.0 Å². The molecule has 1 aromatic rings. The molecule has 152 valence electrons. The van der Waals surface area contributed by atoms with Crippen LogP contribution in [0.5, 0.6) is 0 Å². The summed E-state index contributed by atoms with van der Waals surface area (Å²) in [5.41, 5.74) is 1.35. The van der Waals surface area contributed by atoms with E-state index in [0.29, 0.717) is 18.4 Å². The number of hydrogen-bond donors (Lipinski definition) is 1. The van der Waals surface area contributed by atoms with Crippen molar-refractivity contribution in [3.63, 3.8) is 0 Å². The van der Waals surface area contributed by atoms with Crippen molar-refractivity contribution in [2.45, 2.75) is 39.5 Å². The van der Waals surface area contributed by atoms with Crippen LogP contribution in [0.1, 0.15) is 45.1 Å². The van der Waals surface area contributed by atoms with Gasteiger partial charge < -0.3 is 15.0 Å². The number of guanidine groups is 1. The summed E-state index contributed by atoms with van der Waals surface area (Å²) in [6, 6.07) is 10.6. The number of likely N-dealkylation sites (tertiary alicyclic amines) is 1. The highest BCUT2D eigenvalue weighted by atomic mass is 127. The number of esters is 1. The predicted octanol–water partition coefficient (Wildman–Crippen LogP) is 3.89. The fourth-order valence-corrected chi connectivity index (χ4v) is 3.56. The van der Waals surface area contributed by atoms with Gasteiger partial charge in [-0.2, -0.15) is 0 Å². The molecule has 1 atom stereocenters. The zero-order valence-corrected chi connectivity index (χ0v) is 19.3. The number of ether oxygens (including phenoxy) is 1. The minimum absolute atomic E-state index is 0. The molecular weight excluding hydrogens is 453 g/mol. The van der Waals surface area contributed by atoms with Crippen molar-refractivity contribution in [2.75, 3.05) is 33.3 Å². The van der Waals surface area contributed by atoms with Gasteiger partial charge in [0.1, 0.15) is 0 Å². The number of carbonyl (C=O) groups excluding carboxylic acids is 1. The maximum absolute atomic E-state index is 11.9. The molecule has 0 amide bonds. The highest BCUT2D eigenvalue weighted by Gasteiger charge is 2.27. The average molecular weight is 487 g/mol. The molecule has 0 aliphatic carbocycles. The summed E-state index contributed by atoms with van der Waals surface area (Å²) in [5.74, 6) is 1.87. The molecule has 6 heteroatoms. The normalized spacial score (nSPS) is 16.6. The average Bonchev–Trinajstić information content (AvgIpc) is 2.66. The number of rotatable bonds is 6. The number of piperidine rings is 1. The van der Waals surface area contributed by atoms with Crippen LogP contribution in [-0.4, -0.2) is 50.1 Å². The molecule has 1 aliphatic rings. The Morgan fingerprint density at radius 1 is 1.26 bits per heavy atom. The van der Waals surface area contributed by atoms with E-state index in [1.54, 1.807) is 0 Å². The molecular formula is C21H34IN3O2. The van der Waals surface area contributed by atoms with Gasteiger partial charge in [-0.05, 0) is 31.2 Å². The maximum Gasteiger partial charge on any atom is 0.309 e. The molecule has 1 saturated heterocycles. The van der Waals surface area contributed by atoms with Gasteiger partial charge in [-0.3, -0.25) is 9.79 Å². The van der Waals surface area contributed by atoms with Gasteiger partial charge in [0.2, 0.25) is 0 Å². The molecule has 0 saturated carbocycles. The van der Waals surface area contributed by atoms with Crippen LogP contribution in [0.3, 0.4) is 0 Å². The Morgan fingerprint density at radius 2 is 1.89 bits per heavy atom. The van der Waals surface area contributed by atoms with Gasteiger partial charge in [0.05, 0.1) is 12.5 Å². The smallest absolute Gasteiger partial charge is 0.309 e. The van der Waals surface area contributed by atoms with Crippen molar-refractivity contribution in [1.82, 2.24) is 10.2 Å². The molecule has 2 rings (SSSR count). The van der Waals surface area contributed by atoms with Gasteiger partial charge in [0.15, 0.2) is 5.96 Å². The van der Waals surface area contributed by atoms with E-state index < -0.39 is 0 Å². The van der Waals surface area contributed by atoms with Crippen molar-refractivity contribution in [3.8, 4) is 0 Å². The van der Waals surface area contributed by atoms with E-state index in [0.717, 1.165) is 38.4 Å². The lowest BCUT2D eigenvalue weighted by Crippen LogP contribution is -2.47. The Bertz CT molecular complexity index is 584. The molecule has 0 bridgehead atoms. The number of halogens is 1. The third-order valence-corrected chi connectivity index (χ3v) is 5.14. The molecule has 1 heterocycles. The van der Waals surface area contributed by atoms with Gasteiger partial charge in [-0.15, -0.1) is 24.0 Å². The fourth-order valence-electron chi connectivity index (χ4n) is 3.56. The zero-order valence-electron chi connectivity index (χ0n) is 17.0. The van der Waals surface area contributed by atoms with E-state index in [2.05, 4.69) is 59.4 Å². The first-order chi connectivity index (χ1) is 12.6. The number of benzene rings is 1. The Morgan fingerprint density at radius 3 is 2.41 bits per heavy atom. The second-order valence-electron chi connectivity index (χ2n) is 7.20. The van der Waals surface area contributed by atoms with E-state index in [9.17, 15) is 4.79 Å². The fraction of sp³-hybridized carbons (Fsp3) is 0.619. The molecule has 1 N–H and O–H groups in total. The number of hydrogen-bond acceptors (Lipinski definition) is 3. The second-order valence-corrected chi connectivity index (χ2v) is 7.20. The molecule has 1 unspecified atom stereocenters. The lowest BCUT2D eigenvalue weighted by Gasteiger charge is -2.34. The monoisotopic (exact) mass is 487 g/mol. The Hall–Kier alpha value is -1.31. The van der Waals surface area contributed by atoms with Gasteiger partial charge in [-0.1, -0.05) is 44.2 Å². The van der Waals surface area contributed by atoms with E-state index in [1.165, 1.54) is 5.56 Å². The van der Waals surface area contributed by atoms with E-state index in [1.807, 2.05) is 14.0 Å². The van der Waals surface area contributed by atoms with Crippen LogP contribution in [0.4, 0.5) is 0 Å². The van der Waals surface area contributed by atoms with Crippen LogP contribution in [0, 0.1) is 11.8 Å². The van der Waals surface area contributed by atoms with Crippen LogP contribution in [0.25, 0.3) is 0 Å². The predicted molar refractivity (Wildman–Crippen MR) is 122 cm³/mol. The lowest BCUT2D eigenvalue weighted by molar-refractivity contribution is -0.149. The zero-order chi connectivity index (χ0) is 18.9. The van der Waals surface area contributed by atoms with Crippen molar-refractivity contribution in [1.29, 1.82) is 0 Å². The minimum Gasteiger partial charge on any atom is -0.466 e. The van der Waals surface area contributed by atoms with E-state index in [-0.39, 0.29) is 35.9 Å². The van der Waals surface area contributed by atoms with Gasteiger partial charge >= 0.3 is 5.97 Å². The summed E-state index contributed by atoms with van der Waals surface area (Å²) >= 11 is 0. The molecule has 5 nitrogen and oxygen atoms in total. The van der Waals surface area contributed by atoms with E-state index >= 15 is 0 Å². The van der Waals surface area contributed by atoms with Gasteiger partial charge in [-0.25, -0.2) is 0 Å². The largest absolute Gasteiger partial charge is 0.466 e. The van der Waals surface area contributed by atoms with Crippen molar-refractivity contribution < 1.29 is 9.53 Å². The summed E-state index contributed by atoms with van der Waals surface area (Å²) in [6.07, 6.45) is 1.65. The van der Waals surface area contributed by atoms with Crippen molar-refractivity contribution in [2.24, 2.45) is 16.8 Å². The first-order valence-corrected chi connectivity index (χ1v) is 9.74. The lowest BCUT2D eigenvalue weighted by atomic mass is 9.88. The second kappa shape index (κ2) is 12.2. The number of aliphatic imine (C=N–C) groups is 1. The Balaban J connectivity index is 0.00000364.